The zero-order chi connectivity index (χ0) is 29.4. The molecule has 3 aromatic carbocycles. The van der Waals surface area contributed by atoms with Gasteiger partial charge in [-0.1, -0.05) is 139 Å². The highest BCUT2D eigenvalue weighted by Crippen LogP contribution is 2.52. The van der Waals surface area contributed by atoms with Gasteiger partial charge in [0, 0.05) is 6.42 Å². The summed E-state index contributed by atoms with van der Waals surface area (Å²) in [5.41, 5.74) is 0.344. The summed E-state index contributed by atoms with van der Waals surface area (Å²) in [6.45, 7) is 15.1. The van der Waals surface area contributed by atoms with Crippen LogP contribution in [0.25, 0.3) is 0 Å². The van der Waals surface area contributed by atoms with Gasteiger partial charge in [-0.15, -0.1) is 0 Å². The minimum atomic E-state index is -3.22. The fourth-order valence-electron chi connectivity index (χ4n) is 6.78. The SMILES string of the molecule is CCC(CC)(Cc1ccccc1)OC(=O)[C@H](C)C(CC)(CC)CC(C)(C)[Si](O)(c1ccccc1)c1ccccc1. The van der Waals surface area contributed by atoms with Crippen LogP contribution in [0.4, 0.5) is 0 Å². The third-order valence-corrected chi connectivity index (χ3v) is 14.3. The summed E-state index contributed by atoms with van der Waals surface area (Å²) in [7, 11) is -3.22. The van der Waals surface area contributed by atoms with Crippen LogP contribution in [0.5, 0.6) is 0 Å². The number of rotatable bonds is 14. The Hall–Kier alpha value is -2.69. The fraction of sp³-hybridized carbons (Fsp3) is 0.472. The second kappa shape index (κ2) is 13.3. The van der Waals surface area contributed by atoms with Gasteiger partial charge in [-0.25, -0.2) is 0 Å². The lowest BCUT2D eigenvalue weighted by molar-refractivity contribution is -0.171. The van der Waals surface area contributed by atoms with Gasteiger partial charge in [0.25, 0.3) is 8.32 Å². The first-order valence-corrected chi connectivity index (χ1v) is 17.1. The molecule has 1 atom stereocenters. The Bertz CT molecular complexity index is 1140. The van der Waals surface area contributed by atoms with Gasteiger partial charge < -0.3 is 9.53 Å². The Labute approximate surface area is 244 Å². The average molecular weight is 559 g/mol. The Morgan fingerprint density at radius 1 is 0.750 bits per heavy atom. The van der Waals surface area contributed by atoms with Crippen LogP contribution in [0.1, 0.15) is 86.1 Å². The number of carbonyl (C=O) groups excluding carboxylic acids is 1. The van der Waals surface area contributed by atoms with Crippen molar-refractivity contribution in [2.24, 2.45) is 11.3 Å². The van der Waals surface area contributed by atoms with Gasteiger partial charge in [0.05, 0.1) is 5.92 Å². The molecule has 3 nitrogen and oxygen atoms in total. The minimum absolute atomic E-state index is 0.122. The first-order chi connectivity index (χ1) is 19.0. The Morgan fingerprint density at radius 2 is 1.18 bits per heavy atom. The molecule has 0 radical (unpaired) electrons. The summed E-state index contributed by atoms with van der Waals surface area (Å²) in [4.78, 5) is 26.8. The van der Waals surface area contributed by atoms with Gasteiger partial charge in [-0.05, 0) is 58.5 Å². The normalized spacial score (nSPS) is 13.6. The molecule has 0 saturated carbocycles. The third-order valence-electron chi connectivity index (χ3n) is 9.81. The molecule has 3 aromatic rings. The molecule has 0 spiro atoms. The van der Waals surface area contributed by atoms with Gasteiger partial charge in [-0.2, -0.15) is 0 Å². The van der Waals surface area contributed by atoms with E-state index in [0.717, 1.165) is 42.5 Å². The smallest absolute Gasteiger partial charge is 0.309 e. The molecule has 40 heavy (non-hydrogen) atoms. The van der Waals surface area contributed by atoms with Crippen molar-refractivity contribution in [3.8, 4) is 0 Å². The van der Waals surface area contributed by atoms with E-state index in [0.29, 0.717) is 6.42 Å². The maximum absolute atomic E-state index is 14.0. The monoisotopic (exact) mass is 558 g/mol. The highest BCUT2D eigenvalue weighted by atomic mass is 28.4. The predicted molar refractivity (Wildman–Crippen MR) is 171 cm³/mol. The maximum Gasteiger partial charge on any atom is 0.309 e. The van der Waals surface area contributed by atoms with Crippen LogP contribution >= 0.6 is 0 Å². The number of hydrogen-bond acceptors (Lipinski definition) is 3. The number of benzene rings is 3. The Kier molecular flexibility index (Phi) is 10.6. The van der Waals surface area contributed by atoms with Crippen molar-refractivity contribution in [2.45, 2.75) is 97.6 Å². The van der Waals surface area contributed by atoms with Crippen molar-refractivity contribution >= 4 is 24.7 Å². The van der Waals surface area contributed by atoms with Crippen LogP contribution in [-0.2, 0) is 16.0 Å². The lowest BCUT2D eigenvalue weighted by Crippen LogP contribution is -2.66. The number of ether oxygens (including phenoxy) is 1. The van der Waals surface area contributed by atoms with E-state index in [1.54, 1.807) is 0 Å². The van der Waals surface area contributed by atoms with Gasteiger partial charge in [-0.3, -0.25) is 4.79 Å². The van der Waals surface area contributed by atoms with Gasteiger partial charge in [0.2, 0.25) is 0 Å². The first kappa shape index (κ1) is 31.8. The molecule has 0 saturated heterocycles. The lowest BCUT2D eigenvalue weighted by atomic mass is 9.67. The molecule has 1 N–H and O–H groups in total. The molecule has 216 valence electrons. The van der Waals surface area contributed by atoms with Crippen molar-refractivity contribution in [2.75, 3.05) is 0 Å². The molecule has 3 rings (SSSR count). The second-order valence-electron chi connectivity index (χ2n) is 12.3. The molecule has 0 aliphatic heterocycles. The van der Waals surface area contributed by atoms with E-state index in [-0.39, 0.29) is 17.3 Å². The predicted octanol–water partition coefficient (Wildman–Crippen LogP) is 7.70. The molecular weight excluding hydrogens is 508 g/mol. The van der Waals surface area contributed by atoms with Gasteiger partial charge >= 0.3 is 5.97 Å². The van der Waals surface area contributed by atoms with E-state index in [9.17, 15) is 9.59 Å². The molecule has 0 fully saturated rings. The topological polar surface area (TPSA) is 46.5 Å². The second-order valence-corrected chi connectivity index (χ2v) is 16.2. The summed E-state index contributed by atoms with van der Waals surface area (Å²) in [6.07, 6.45) is 4.64. The van der Waals surface area contributed by atoms with E-state index in [4.69, 9.17) is 4.74 Å². The van der Waals surface area contributed by atoms with Crippen LogP contribution in [-0.4, -0.2) is 24.7 Å². The molecule has 0 bridgehead atoms. The van der Waals surface area contributed by atoms with Crippen LogP contribution in [0, 0.1) is 11.3 Å². The molecule has 0 aliphatic rings. The summed E-state index contributed by atoms with van der Waals surface area (Å²) in [6, 6.07) is 30.7. The Morgan fingerprint density at radius 3 is 1.57 bits per heavy atom. The molecule has 0 heterocycles. The van der Waals surface area contributed by atoms with Crippen molar-refractivity contribution in [3.63, 3.8) is 0 Å². The maximum atomic E-state index is 14.0. The number of hydrogen-bond donors (Lipinski definition) is 1. The average Bonchev–Trinajstić information content (AvgIpc) is 3.00. The van der Waals surface area contributed by atoms with Gasteiger partial charge in [0.15, 0.2) is 0 Å². The van der Waals surface area contributed by atoms with Crippen LogP contribution in [0.15, 0.2) is 91.0 Å². The largest absolute Gasteiger partial charge is 0.459 e. The van der Waals surface area contributed by atoms with Crippen molar-refractivity contribution in [1.82, 2.24) is 0 Å². The Balaban J connectivity index is 1.97. The molecule has 0 amide bonds. The summed E-state index contributed by atoms with van der Waals surface area (Å²) >= 11 is 0. The third kappa shape index (κ3) is 6.44. The summed E-state index contributed by atoms with van der Waals surface area (Å²) in [5, 5.41) is 1.55. The highest BCUT2D eigenvalue weighted by Gasteiger charge is 2.54. The first-order valence-electron chi connectivity index (χ1n) is 15.1. The van der Waals surface area contributed by atoms with E-state index in [1.165, 1.54) is 5.56 Å². The molecule has 0 aromatic heterocycles. The lowest BCUT2D eigenvalue weighted by Gasteiger charge is -2.49. The zero-order valence-electron chi connectivity index (χ0n) is 25.7. The van der Waals surface area contributed by atoms with Crippen LogP contribution < -0.4 is 10.4 Å². The standard InChI is InChI=1S/C36H50O3Si/c1-8-35(9-2,29(5)33(37)39-36(10-3,11-4)27-30-21-15-12-16-22-30)28-34(6,7)40(38,31-23-17-13-18-24-31)32-25-19-14-20-26-32/h12-26,29,38H,8-11,27-28H2,1-7H3/t29-/m0/s1. The quantitative estimate of drug-likeness (QED) is 0.163. The molecular formula is C36H50O3Si. The minimum Gasteiger partial charge on any atom is -0.459 e. The molecule has 0 aliphatic carbocycles. The van der Waals surface area contributed by atoms with E-state index in [1.807, 2.05) is 54.6 Å². The van der Waals surface area contributed by atoms with E-state index >= 15 is 0 Å². The molecule has 4 heteroatoms. The van der Waals surface area contributed by atoms with Gasteiger partial charge in [0.1, 0.15) is 5.60 Å². The van der Waals surface area contributed by atoms with Crippen molar-refractivity contribution in [1.29, 1.82) is 0 Å². The fourth-order valence-corrected chi connectivity index (χ4v) is 10.6. The van der Waals surface area contributed by atoms with Crippen molar-refractivity contribution < 1.29 is 14.3 Å². The number of carbonyl (C=O) groups is 1. The summed E-state index contributed by atoms with van der Waals surface area (Å²) in [5.74, 6) is -0.427. The van der Waals surface area contributed by atoms with Crippen LogP contribution in [0.3, 0.4) is 0 Å². The zero-order valence-corrected chi connectivity index (χ0v) is 26.7. The van der Waals surface area contributed by atoms with E-state index in [2.05, 4.69) is 84.9 Å². The highest BCUT2D eigenvalue weighted by molar-refractivity contribution is 6.98. The van der Waals surface area contributed by atoms with Crippen molar-refractivity contribution in [3.05, 3.63) is 96.6 Å². The van der Waals surface area contributed by atoms with E-state index < -0.39 is 19.0 Å². The van der Waals surface area contributed by atoms with Crippen LogP contribution in [0.2, 0.25) is 5.04 Å². The number of esters is 1. The molecule has 0 unspecified atom stereocenters. The summed E-state index contributed by atoms with van der Waals surface area (Å²) < 4.78 is 6.49.